The zero-order valence-electron chi connectivity index (χ0n) is 11.8. The van der Waals surface area contributed by atoms with Gasteiger partial charge in [-0.15, -0.1) is 11.8 Å². The molecule has 0 fully saturated rings. The van der Waals surface area contributed by atoms with Crippen LogP contribution in [0.3, 0.4) is 0 Å². The number of fused-ring (bicyclic) bond motifs is 1. The molecular weight excluding hydrogens is 258 g/mol. The standard InChI is InChI=1S/C15H19NO2S/c1-10(2)19-9-16-13(17)11-7-5-6-8-12(11)15(3,4)14(16)18/h5-8,10H,9H2,1-4H3. The quantitative estimate of drug-likeness (QED) is 0.797. The van der Waals surface area contributed by atoms with Crippen molar-refractivity contribution in [2.24, 2.45) is 0 Å². The highest BCUT2D eigenvalue weighted by Crippen LogP contribution is 2.35. The molecule has 1 heterocycles. The van der Waals surface area contributed by atoms with Crippen LogP contribution in [0.25, 0.3) is 0 Å². The van der Waals surface area contributed by atoms with Gasteiger partial charge in [0.25, 0.3) is 5.91 Å². The van der Waals surface area contributed by atoms with Gasteiger partial charge in [-0.25, -0.2) is 0 Å². The van der Waals surface area contributed by atoms with Crippen molar-refractivity contribution in [3.63, 3.8) is 0 Å². The average molecular weight is 277 g/mol. The van der Waals surface area contributed by atoms with E-state index in [4.69, 9.17) is 0 Å². The van der Waals surface area contributed by atoms with Gasteiger partial charge in [-0.05, 0) is 25.5 Å². The monoisotopic (exact) mass is 277 g/mol. The molecule has 1 aromatic rings. The van der Waals surface area contributed by atoms with E-state index in [9.17, 15) is 9.59 Å². The van der Waals surface area contributed by atoms with Crippen LogP contribution < -0.4 is 0 Å². The number of carbonyl (C=O) groups excluding carboxylic acids is 2. The van der Waals surface area contributed by atoms with Crippen LogP contribution in [0.15, 0.2) is 24.3 Å². The summed E-state index contributed by atoms with van der Waals surface area (Å²) in [6.07, 6.45) is 0. The largest absolute Gasteiger partial charge is 0.273 e. The van der Waals surface area contributed by atoms with Crippen molar-refractivity contribution < 1.29 is 9.59 Å². The summed E-state index contributed by atoms with van der Waals surface area (Å²) in [7, 11) is 0. The van der Waals surface area contributed by atoms with Crippen LogP contribution in [0.4, 0.5) is 0 Å². The topological polar surface area (TPSA) is 37.4 Å². The molecule has 4 heteroatoms. The molecule has 0 radical (unpaired) electrons. The molecule has 19 heavy (non-hydrogen) atoms. The third-order valence-electron chi connectivity index (χ3n) is 3.39. The molecule has 0 aromatic heterocycles. The molecule has 3 nitrogen and oxygen atoms in total. The molecule has 0 bridgehead atoms. The smallest absolute Gasteiger partial charge is 0.261 e. The first-order chi connectivity index (χ1) is 8.85. The molecule has 1 aromatic carbocycles. The van der Waals surface area contributed by atoms with Crippen molar-refractivity contribution >= 4 is 23.6 Å². The first-order valence-corrected chi connectivity index (χ1v) is 7.48. The number of rotatable bonds is 3. The van der Waals surface area contributed by atoms with Gasteiger partial charge in [-0.3, -0.25) is 14.5 Å². The van der Waals surface area contributed by atoms with Crippen molar-refractivity contribution in [2.45, 2.75) is 38.4 Å². The fourth-order valence-corrected chi connectivity index (χ4v) is 2.93. The Morgan fingerprint density at radius 3 is 2.47 bits per heavy atom. The molecule has 102 valence electrons. The van der Waals surface area contributed by atoms with Gasteiger partial charge in [-0.1, -0.05) is 32.0 Å². The number of nitrogens with zero attached hydrogens (tertiary/aromatic N) is 1. The van der Waals surface area contributed by atoms with Crippen LogP contribution in [0.5, 0.6) is 0 Å². The van der Waals surface area contributed by atoms with Crippen LogP contribution >= 0.6 is 11.8 Å². The fraction of sp³-hybridized carbons (Fsp3) is 0.467. The molecule has 1 aliphatic rings. The summed E-state index contributed by atoms with van der Waals surface area (Å²) in [5.41, 5.74) is 0.842. The predicted octanol–water partition coefficient (Wildman–Crippen LogP) is 3.05. The molecule has 0 N–H and O–H groups in total. The van der Waals surface area contributed by atoms with Crippen molar-refractivity contribution in [3.8, 4) is 0 Å². The summed E-state index contributed by atoms with van der Waals surface area (Å²) in [5, 5.41) is 0.390. The van der Waals surface area contributed by atoms with E-state index in [1.165, 1.54) is 4.90 Å². The molecule has 0 saturated carbocycles. The lowest BCUT2D eigenvalue weighted by atomic mass is 9.77. The average Bonchev–Trinajstić information content (AvgIpc) is 2.36. The number of amides is 2. The number of hydrogen-bond acceptors (Lipinski definition) is 3. The van der Waals surface area contributed by atoms with Gasteiger partial charge in [0.1, 0.15) is 0 Å². The van der Waals surface area contributed by atoms with E-state index in [0.29, 0.717) is 16.7 Å². The van der Waals surface area contributed by atoms with Gasteiger partial charge in [-0.2, -0.15) is 0 Å². The Bertz CT molecular complexity index is 523. The Balaban J connectivity index is 2.41. The van der Waals surface area contributed by atoms with E-state index >= 15 is 0 Å². The lowest BCUT2D eigenvalue weighted by Gasteiger charge is -2.37. The van der Waals surface area contributed by atoms with Crippen LogP contribution in [0.2, 0.25) is 0 Å². The number of benzene rings is 1. The summed E-state index contributed by atoms with van der Waals surface area (Å²) in [4.78, 5) is 26.3. The number of hydrogen-bond donors (Lipinski definition) is 0. The Morgan fingerprint density at radius 2 is 1.84 bits per heavy atom. The molecule has 2 amide bonds. The molecule has 0 saturated heterocycles. The van der Waals surface area contributed by atoms with Gasteiger partial charge in [0.15, 0.2) is 0 Å². The lowest BCUT2D eigenvalue weighted by Crippen LogP contribution is -2.51. The molecule has 0 unspecified atom stereocenters. The zero-order valence-corrected chi connectivity index (χ0v) is 12.6. The number of carbonyl (C=O) groups is 2. The van der Waals surface area contributed by atoms with Gasteiger partial charge < -0.3 is 0 Å². The summed E-state index contributed by atoms with van der Waals surface area (Å²) >= 11 is 1.60. The molecular formula is C15H19NO2S. The molecule has 2 rings (SSSR count). The first kappa shape index (κ1) is 14.1. The van der Waals surface area contributed by atoms with Crippen molar-refractivity contribution in [1.82, 2.24) is 4.90 Å². The number of thioether (sulfide) groups is 1. The van der Waals surface area contributed by atoms with E-state index in [1.807, 2.05) is 32.0 Å². The third kappa shape index (κ3) is 2.41. The Hall–Kier alpha value is -1.29. The minimum Gasteiger partial charge on any atom is -0.273 e. The summed E-state index contributed by atoms with van der Waals surface area (Å²) in [6.45, 7) is 7.88. The van der Waals surface area contributed by atoms with Crippen LogP contribution in [-0.2, 0) is 10.2 Å². The molecule has 0 aliphatic carbocycles. The SMILES string of the molecule is CC(C)SCN1C(=O)c2ccccc2C(C)(C)C1=O. The highest BCUT2D eigenvalue weighted by molar-refractivity contribution is 7.99. The van der Waals surface area contributed by atoms with E-state index in [2.05, 4.69) is 13.8 Å². The van der Waals surface area contributed by atoms with E-state index in [-0.39, 0.29) is 11.8 Å². The van der Waals surface area contributed by atoms with Crippen LogP contribution in [-0.4, -0.2) is 27.8 Å². The third-order valence-corrected chi connectivity index (χ3v) is 4.47. The van der Waals surface area contributed by atoms with Crippen molar-refractivity contribution in [2.75, 3.05) is 5.88 Å². The van der Waals surface area contributed by atoms with Gasteiger partial charge in [0, 0.05) is 10.8 Å². The van der Waals surface area contributed by atoms with E-state index < -0.39 is 5.41 Å². The molecule has 1 aliphatic heterocycles. The Labute approximate surface area is 118 Å². The lowest BCUT2D eigenvalue weighted by molar-refractivity contribution is -0.133. The maximum atomic E-state index is 12.5. The number of imide groups is 1. The van der Waals surface area contributed by atoms with Gasteiger partial charge in [0.2, 0.25) is 5.91 Å². The first-order valence-electron chi connectivity index (χ1n) is 6.43. The summed E-state index contributed by atoms with van der Waals surface area (Å²) in [6, 6.07) is 7.40. The second-order valence-corrected chi connectivity index (χ2v) is 7.09. The van der Waals surface area contributed by atoms with E-state index in [0.717, 1.165) is 5.56 Å². The van der Waals surface area contributed by atoms with Crippen LogP contribution in [0.1, 0.15) is 43.6 Å². The zero-order chi connectivity index (χ0) is 14.2. The second kappa shape index (κ2) is 5.00. The van der Waals surface area contributed by atoms with E-state index in [1.54, 1.807) is 17.8 Å². The van der Waals surface area contributed by atoms with Crippen molar-refractivity contribution in [1.29, 1.82) is 0 Å². The normalized spacial score (nSPS) is 17.8. The Morgan fingerprint density at radius 1 is 1.21 bits per heavy atom. The Kier molecular flexibility index (Phi) is 3.72. The maximum Gasteiger partial charge on any atom is 0.261 e. The minimum absolute atomic E-state index is 0.107. The summed E-state index contributed by atoms with van der Waals surface area (Å²) < 4.78 is 0. The highest BCUT2D eigenvalue weighted by atomic mass is 32.2. The highest BCUT2D eigenvalue weighted by Gasteiger charge is 2.43. The predicted molar refractivity (Wildman–Crippen MR) is 78.2 cm³/mol. The van der Waals surface area contributed by atoms with Gasteiger partial charge >= 0.3 is 0 Å². The van der Waals surface area contributed by atoms with Crippen LogP contribution in [0, 0.1) is 0 Å². The fourth-order valence-electron chi connectivity index (χ4n) is 2.25. The maximum absolute atomic E-state index is 12.5. The second-order valence-electron chi connectivity index (χ2n) is 5.55. The van der Waals surface area contributed by atoms with Gasteiger partial charge in [0.05, 0.1) is 11.3 Å². The molecule has 0 atom stereocenters. The minimum atomic E-state index is -0.637. The summed E-state index contributed by atoms with van der Waals surface area (Å²) in [5.74, 6) is 0.144. The molecule has 0 spiro atoms. The van der Waals surface area contributed by atoms with Crippen molar-refractivity contribution in [3.05, 3.63) is 35.4 Å².